The number of hydrogen-bond donors (Lipinski definition) is 0. The highest BCUT2D eigenvalue weighted by molar-refractivity contribution is 6.00. The summed E-state index contributed by atoms with van der Waals surface area (Å²) in [5, 5.41) is 11.0. The molecule has 0 aliphatic heterocycles. The van der Waals surface area contributed by atoms with Gasteiger partial charge in [0.1, 0.15) is 0 Å². The van der Waals surface area contributed by atoms with Crippen molar-refractivity contribution < 1.29 is 0 Å². The summed E-state index contributed by atoms with van der Waals surface area (Å²) in [5.74, 6) is 3.67. The van der Waals surface area contributed by atoms with Gasteiger partial charge in [-0.05, 0) is 72.9 Å². The van der Waals surface area contributed by atoms with Crippen LogP contribution in [0.25, 0.3) is 122 Å². The summed E-state index contributed by atoms with van der Waals surface area (Å²) in [6.07, 6.45) is 0. The fourth-order valence-electron chi connectivity index (χ4n) is 8.88. The Labute approximate surface area is 363 Å². The van der Waals surface area contributed by atoms with Gasteiger partial charge in [-0.15, -0.1) is 0 Å². The first-order valence-corrected chi connectivity index (χ1v) is 21.1. The molecule has 6 heteroatoms. The van der Waals surface area contributed by atoms with Gasteiger partial charge in [0.2, 0.25) is 0 Å². The highest BCUT2D eigenvalue weighted by Gasteiger charge is 2.19. The summed E-state index contributed by atoms with van der Waals surface area (Å²) in [7, 11) is 0. The lowest BCUT2D eigenvalue weighted by atomic mass is 10.0. The molecule has 0 saturated heterocycles. The van der Waals surface area contributed by atoms with Crippen molar-refractivity contribution in [1.82, 2.24) is 29.9 Å². The van der Waals surface area contributed by atoms with Crippen LogP contribution in [0.4, 0.5) is 0 Å². The molecule has 0 unspecified atom stereocenters. The number of aromatic nitrogens is 6. The molecule has 0 bridgehead atoms. The second-order valence-corrected chi connectivity index (χ2v) is 16.0. The standard InChI is InChI=1S/C57H36N6/c1-35-26-31-47-40(32-35)18-11-25-51(47)57-61-53(60-56(63-57)50-24-10-17-39-14-4-7-21-46(39)50)42-30-28-36-27-29-41(33-43(36)34-42)52-58-54(48-22-8-15-37-12-2-5-19-44(37)48)62-55(59-52)49-23-9-16-38-13-3-6-20-45(38)49/h2-34H,1H3. The van der Waals surface area contributed by atoms with E-state index in [0.717, 1.165) is 87.2 Å². The van der Waals surface area contributed by atoms with Crippen molar-refractivity contribution in [2.45, 2.75) is 6.92 Å². The first-order valence-electron chi connectivity index (χ1n) is 21.1. The van der Waals surface area contributed by atoms with Gasteiger partial charge >= 0.3 is 0 Å². The molecule has 294 valence electrons. The Morgan fingerprint density at radius 1 is 0.238 bits per heavy atom. The average Bonchev–Trinajstić information content (AvgIpc) is 3.35. The lowest BCUT2D eigenvalue weighted by molar-refractivity contribution is 1.08. The molecule has 0 aliphatic carbocycles. The van der Waals surface area contributed by atoms with E-state index in [1.54, 1.807) is 0 Å². The van der Waals surface area contributed by atoms with Gasteiger partial charge in [-0.3, -0.25) is 0 Å². The van der Waals surface area contributed by atoms with Crippen molar-refractivity contribution in [3.8, 4) is 68.3 Å². The van der Waals surface area contributed by atoms with Crippen molar-refractivity contribution in [2.75, 3.05) is 0 Å². The van der Waals surface area contributed by atoms with E-state index < -0.39 is 0 Å². The third kappa shape index (κ3) is 6.53. The van der Waals surface area contributed by atoms with E-state index in [4.69, 9.17) is 29.9 Å². The molecule has 2 heterocycles. The van der Waals surface area contributed by atoms with Crippen molar-refractivity contribution >= 4 is 53.9 Å². The molecular formula is C57H36N6. The molecule has 12 aromatic rings. The molecule has 2 aromatic heterocycles. The normalized spacial score (nSPS) is 11.6. The lowest BCUT2D eigenvalue weighted by Crippen LogP contribution is -2.01. The van der Waals surface area contributed by atoms with Crippen LogP contribution < -0.4 is 0 Å². The lowest BCUT2D eigenvalue weighted by Gasteiger charge is -2.13. The largest absolute Gasteiger partial charge is 0.208 e. The van der Waals surface area contributed by atoms with Gasteiger partial charge in [0, 0.05) is 33.4 Å². The molecule has 0 N–H and O–H groups in total. The monoisotopic (exact) mass is 804 g/mol. The number of hydrogen-bond acceptors (Lipinski definition) is 6. The van der Waals surface area contributed by atoms with Gasteiger partial charge in [0.15, 0.2) is 34.9 Å². The van der Waals surface area contributed by atoms with Crippen LogP contribution in [-0.2, 0) is 0 Å². The summed E-state index contributed by atoms with van der Waals surface area (Å²) < 4.78 is 0. The van der Waals surface area contributed by atoms with Crippen LogP contribution in [0.5, 0.6) is 0 Å². The minimum absolute atomic E-state index is 0.593. The van der Waals surface area contributed by atoms with Gasteiger partial charge in [-0.25, -0.2) is 29.9 Å². The zero-order valence-electron chi connectivity index (χ0n) is 34.2. The van der Waals surface area contributed by atoms with Crippen molar-refractivity contribution in [3.63, 3.8) is 0 Å². The predicted octanol–water partition coefficient (Wildman–Crippen LogP) is 14.1. The van der Waals surface area contributed by atoms with Crippen LogP contribution in [0.1, 0.15) is 5.56 Å². The second kappa shape index (κ2) is 14.9. The van der Waals surface area contributed by atoms with Gasteiger partial charge in [-0.2, -0.15) is 0 Å². The molecule has 0 aliphatic rings. The maximum atomic E-state index is 5.22. The van der Waals surface area contributed by atoms with Crippen molar-refractivity contribution in [1.29, 1.82) is 0 Å². The number of rotatable bonds is 6. The summed E-state index contributed by atoms with van der Waals surface area (Å²) >= 11 is 0. The van der Waals surface area contributed by atoms with E-state index in [2.05, 4.69) is 207 Å². The first-order chi connectivity index (χ1) is 31.1. The second-order valence-electron chi connectivity index (χ2n) is 16.0. The molecule has 10 aromatic carbocycles. The molecule has 0 radical (unpaired) electrons. The van der Waals surface area contributed by atoms with Crippen LogP contribution in [0.2, 0.25) is 0 Å². The van der Waals surface area contributed by atoms with E-state index in [-0.39, 0.29) is 0 Å². The maximum absolute atomic E-state index is 5.22. The van der Waals surface area contributed by atoms with Gasteiger partial charge in [0.25, 0.3) is 0 Å². The Kier molecular flexibility index (Phi) is 8.61. The zero-order valence-corrected chi connectivity index (χ0v) is 34.2. The van der Waals surface area contributed by atoms with Gasteiger partial charge in [-0.1, -0.05) is 194 Å². The molecule has 0 fully saturated rings. The molecule has 6 nitrogen and oxygen atoms in total. The third-order valence-electron chi connectivity index (χ3n) is 12.0. The Hall–Kier alpha value is -8.48. The minimum Gasteiger partial charge on any atom is -0.208 e. The quantitative estimate of drug-likeness (QED) is 0.167. The summed E-state index contributed by atoms with van der Waals surface area (Å²) in [5.41, 5.74) is 6.78. The fraction of sp³-hybridized carbons (Fsp3) is 0.0175. The van der Waals surface area contributed by atoms with Crippen LogP contribution in [-0.4, -0.2) is 29.9 Å². The smallest absolute Gasteiger partial charge is 0.164 e. The molecule has 0 amide bonds. The number of nitrogens with zero attached hydrogens (tertiary/aromatic N) is 6. The van der Waals surface area contributed by atoms with Crippen molar-refractivity contribution in [3.05, 3.63) is 206 Å². The van der Waals surface area contributed by atoms with E-state index in [0.29, 0.717) is 34.9 Å². The Morgan fingerprint density at radius 2 is 0.587 bits per heavy atom. The molecule has 0 atom stereocenters. The Balaban J connectivity index is 1.04. The van der Waals surface area contributed by atoms with E-state index in [1.165, 1.54) is 5.56 Å². The van der Waals surface area contributed by atoms with Crippen LogP contribution in [0, 0.1) is 6.92 Å². The van der Waals surface area contributed by atoms with E-state index >= 15 is 0 Å². The minimum atomic E-state index is 0.593. The predicted molar refractivity (Wildman–Crippen MR) is 258 cm³/mol. The molecule has 0 saturated carbocycles. The van der Waals surface area contributed by atoms with Gasteiger partial charge in [0.05, 0.1) is 0 Å². The number of aryl methyl sites for hydroxylation is 1. The molecule has 63 heavy (non-hydrogen) atoms. The SMILES string of the molecule is Cc1ccc2c(-c3nc(-c4ccc5ccc(-c6nc(-c7cccc8ccccc78)nc(-c7cccc8ccccc78)n6)cc5c4)nc(-c4cccc5ccccc45)n3)cccc2c1. The van der Waals surface area contributed by atoms with E-state index in [9.17, 15) is 0 Å². The van der Waals surface area contributed by atoms with Crippen LogP contribution >= 0.6 is 0 Å². The fourth-order valence-corrected chi connectivity index (χ4v) is 8.88. The van der Waals surface area contributed by atoms with Gasteiger partial charge < -0.3 is 0 Å². The zero-order chi connectivity index (χ0) is 41.9. The summed E-state index contributed by atoms with van der Waals surface area (Å²) in [4.78, 5) is 31.2. The highest BCUT2D eigenvalue weighted by Crippen LogP contribution is 2.36. The number of benzene rings is 10. The van der Waals surface area contributed by atoms with Crippen molar-refractivity contribution in [2.24, 2.45) is 0 Å². The molecular weight excluding hydrogens is 769 g/mol. The van der Waals surface area contributed by atoms with Crippen LogP contribution in [0.3, 0.4) is 0 Å². The first kappa shape index (κ1) is 36.4. The van der Waals surface area contributed by atoms with Crippen LogP contribution in [0.15, 0.2) is 200 Å². The maximum Gasteiger partial charge on any atom is 0.164 e. The molecule has 12 rings (SSSR count). The van der Waals surface area contributed by atoms with E-state index in [1.807, 2.05) is 0 Å². The Bertz CT molecular complexity index is 3670. The number of fused-ring (bicyclic) bond motifs is 5. The third-order valence-corrected chi connectivity index (χ3v) is 12.0. The summed E-state index contributed by atoms with van der Waals surface area (Å²) in [6, 6.07) is 69.6. The Morgan fingerprint density at radius 3 is 1.02 bits per heavy atom. The highest BCUT2D eigenvalue weighted by atomic mass is 15.0. The topological polar surface area (TPSA) is 77.3 Å². The average molecular weight is 805 g/mol. The molecule has 0 spiro atoms. The summed E-state index contributed by atoms with van der Waals surface area (Å²) in [6.45, 7) is 2.12.